The molecule has 3 unspecified atom stereocenters. The van der Waals surface area contributed by atoms with E-state index in [2.05, 4.69) is 15.0 Å². The number of rotatable bonds is 7. The number of carbonyl (C=O) groups is 1. The third-order valence-corrected chi connectivity index (χ3v) is 12.9. The first kappa shape index (κ1) is 26.7. The van der Waals surface area contributed by atoms with E-state index >= 15 is 0 Å². The van der Waals surface area contributed by atoms with E-state index in [1.807, 2.05) is 18.2 Å². The highest BCUT2D eigenvalue weighted by Crippen LogP contribution is 2.81. The minimum absolute atomic E-state index is 0.0451. The van der Waals surface area contributed by atoms with Gasteiger partial charge in [-0.2, -0.15) is 0 Å². The second-order valence-corrected chi connectivity index (χ2v) is 15.0. The molecule has 4 aliphatic carbocycles. The number of aromatic carboxylic acids is 1. The Labute approximate surface area is 260 Å². The van der Waals surface area contributed by atoms with Gasteiger partial charge in [-0.3, -0.25) is 0 Å². The number of ether oxygens (including phenoxy) is 1. The molecule has 0 bridgehead atoms. The number of anilines is 1. The average Bonchev–Trinajstić information content (AvgIpc) is 3.37. The van der Waals surface area contributed by atoms with Crippen LogP contribution in [0.5, 0.6) is 0 Å². The average molecular weight is 641 g/mol. The standard InChI is InChI=1S/C32H28Cl2FN3O4S/c33-19-2-1-3-20(34)25(19)26-18(28(42-37-26)15-4-5-15)13-41-17-10-32(11-17)23-6-7-31(23)14-38(12-24(31)32)30-36-27-21(35)8-16(29(39)40)9-22(27)43-30/h1-3,8-9,15,17,23-24H,4-7,10-14H2,(H,39,40). The Morgan fingerprint density at radius 2 is 1.95 bits per heavy atom. The summed E-state index contributed by atoms with van der Waals surface area (Å²) in [5.74, 6) is 0.830. The van der Waals surface area contributed by atoms with Crippen molar-refractivity contribution in [3.8, 4) is 11.3 Å². The van der Waals surface area contributed by atoms with Gasteiger partial charge in [0.1, 0.15) is 17.0 Å². The van der Waals surface area contributed by atoms with Gasteiger partial charge in [-0.25, -0.2) is 14.2 Å². The summed E-state index contributed by atoms with van der Waals surface area (Å²) in [6.07, 6.45) is 6.92. The lowest BCUT2D eigenvalue weighted by Gasteiger charge is -2.77. The number of hydrogen-bond donors (Lipinski definition) is 1. The summed E-state index contributed by atoms with van der Waals surface area (Å²) in [4.78, 5) is 18.4. The van der Waals surface area contributed by atoms with Gasteiger partial charge in [-0.15, -0.1) is 0 Å². The third kappa shape index (κ3) is 3.71. The van der Waals surface area contributed by atoms with E-state index in [0.717, 1.165) is 61.3 Å². The van der Waals surface area contributed by atoms with Gasteiger partial charge >= 0.3 is 5.97 Å². The molecule has 2 aromatic heterocycles. The predicted octanol–water partition coefficient (Wildman–Crippen LogP) is 8.18. The van der Waals surface area contributed by atoms with Gasteiger partial charge in [-0.05, 0) is 85.5 Å². The summed E-state index contributed by atoms with van der Waals surface area (Å²) < 4.78 is 27.7. The Bertz CT molecular complexity index is 1810. The Hall–Kier alpha value is -2.72. The molecule has 0 amide bonds. The fourth-order valence-electron chi connectivity index (χ4n) is 9.06. The highest BCUT2D eigenvalue weighted by Gasteiger charge is 2.79. The molecule has 0 radical (unpaired) electrons. The summed E-state index contributed by atoms with van der Waals surface area (Å²) in [6, 6.07) is 8.05. The van der Waals surface area contributed by atoms with Gasteiger partial charge in [-0.1, -0.05) is 45.8 Å². The zero-order chi connectivity index (χ0) is 29.2. The largest absolute Gasteiger partial charge is 0.478 e. The van der Waals surface area contributed by atoms with Gasteiger partial charge in [0.15, 0.2) is 10.9 Å². The van der Waals surface area contributed by atoms with Crippen LogP contribution in [-0.4, -0.2) is 40.4 Å². The Morgan fingerprint density at radius 3 is 2.65 bits per heavy atom. The van der Waals surface area contributed by atoms with Crippen LogP contribution in [0.4, 0.5) is 9.52 Å². The van der Waals surface area contributed by atoms with Crippen LogP contribution in [0.15, 0.2) is 34.9 Å². The SMILES string of the molecule is O=C(O)c1cc(F)c2nc(N3CC4C5(CC(OCc6c(-c7c(Cl)cccc7Cl)noc6C6CC6)C5)C5CCC54C3)sc2c1. The molecular formula is C32H28Cl2FN3O4S. The fraction of sp³-hybridized carbons (Fsp3) is 0.469. The van der Waals surface area contributed by atoms with Crippen molar-refractivity contribution >= 4 is 55.9 Å². The van der Waals surface area contributed by atoms with Crippen molar-refractivity contribution < 1.29 is 23.6 Å². The van der Waals surface area contributed by atoms with E-state index in [9.17, 15) is 14.3 Å². The highest BCUT2D eigenvalue weighted by atomic mass is 35.5. The molecule has 7 nitrogen and oxygen atoms in total. The predicted molar refractivity (Wildman–Crippen MR) is 162 cm³/mol. The Morgan fingerprint density at radius 1 is 1.16 bits per heavy atom. The van der Waals surface area contributed by atoms with Gasteiger partial charge in [0.2, 0.25) is 0 Å². The number of halogens is 3. The molecule has 2 spiro atoms. The summed E-state index contributed by atoms with van der Waals surface area (Å²) in [5, 5.41) is 15.6. The van der Waals surface area contributed by atoms with Gasteiger partial charge in [0, 0.05) is 30.1 Å². The Kier molecular flexibility index (Phi) is 5.68. The number of benzene rings is 2. The molecule has 43 heavy (non-hydrogen) atoms. The van der Waals surface area contributed by atoms with Crippen LogP contribution in [0, 0.1) is 28.5 Å². The molecular weight excluding hydrogens is 612 g/mol. The lowest BCUT2D eigenvalue weighted by molar-refractivity contribution is -0.304. The summed E-state index contributed by atoms with van der Waals surface area (Å²) in [5.41, 5.74) is 3.16. The molecule has 2 aromatic carbocycles. The first-order chi connectivity index (χ1) is 20.8. The molecule has 3 heterocycles. The molecule has 4 aromatic rings. The van der Waals surface area contributed by atoms with Crippen LogP contribution >= 0.6 is 34.5 Å². The molecule has 11 heteroatoms. The summed E-state index contributed by atoms with van der Waals surface area (Å²) in [6.45, 7) is 2.27. The second-order valence-electron chi connectivity index (χ2n) is 13.2. The fourth-order valence-corrected chi connectivity index (χ4v) is 10.7. The number of fused-ring (bicyclic) bond motifs is 3. The second kappa shape index (κ2) is 9.16. The zero-order valence-electron chi connectivity index (χ0n) is 23.1. The van der Waals surface area contributed by atoms with Gasteiger partial charge in [0.25, 0.3) is 0 Å². The maximum atomic E-state index is 14.7. The van der Waals surface area contributed by atoms with E-state index < -0.39 is 11.8 Å². The van der Waals surface area contributed by atoms with Crippen molar-refractivity contribution in [3.63, 3.8) is 0 Å². The summed E-state index contributed by atoms with van der Waals surface area (Å²) >= 11 is 14.5. The normalized spacial score (nSPS) is 30.6. The lowest BCUT2D eigenvalue weighted by atomic mass is 9.27. The molecule has 1 N–H and O–H groups in total. The van der Waals surface area contributed by atoms with E-state index in [4.69, 9.17) is 32.5 Å². The number of aromatic nitrogens is 2. The number of nitrogens with zero attached hydrogens (tertiary/aromatic N) is 3. The van der Waals surface area contributed by atoms with Crippen LogP contribution in [0.2, 0.25) is 10.0 Å². The maximum Gasteiger partial charge on any atom is 0.335 e. The summed E-state index contributed by atoms with van der Waals surface area (Å²) in [7, 11) is 0. The van der Waals surface area contributed by atoms with Crippen molar-refractivity contribution in [2.45, 2.75) is 57.2 Å². The van der Waals surface area contributed by atoms with Gasteiger partial charge in [0.05, 0.1) is 33.0 Å². The van der Waals surface area contributed by atoms with E-state index in [0.29, 0.717) is 61.2 Å². The number of thiazole rings is 1. The van der Waals surface area contributed by atoms with E-state index in [-0.39, 0.29) is 17.2 Å². The van der Waals surface area contributed by atoms with Crippen molar-refractivity contribution in [3.05, 3.63) is 63.1 Å². The lowest BCUT2D eigenvalue weighted by Crippen LogP contribution is -2.74. The molecule has 222 valence electrons. The van der Waals surface area contributed by atoms with Crippen LogP contribution in [-0.2, 0) is 11.3 Å². The molecule has 5 aliphatic rings. The van der Waals surface area contributed by atoms with Crippen LogP contribution in [0.3, 0.4) is 0 Å². The third-order valence-electron chi connectivity index (χ3n) is 11.2. The van der Waals surface area contributed by atoms with Crippen LogP contribution in [0.1, 0.15) is 66.1 Å². The minimum Gasteiger partial charge on any atom is -0.478 e. The van der Waals surface area contributed by atoms with Crippen LogP contribution < -0.4 is 4.90 Å². The molecule has 3 atom stereocenters. The number of carboxylic acids is 1. The quantitative estimate of drug-likeness (QED) is 0.218. The molecule has 1 saturated heterocycles. The monoisotopic (exact) mass is 639 g/mol. The first-order valence-electron chi connectivity index (χ1n) is 14.9. The first-order valence-corrected chi connectivity index (χ1v) is 16.5. The minimum atomic E-state index is -1.13. The molecule has 4 saturated carbocycles. The Balaban J connectivity index is 0.920. The van der Waals surface area contributed by atoms with E-state index in [1.165, 1.54) is 30.2 Å². The van der Waals surface area contributed by atoms with Crippen LogP contribution in [0.25, 0.3) is 21.5 Å². The number of carboxylic acid groups (broad SMARTS) is 1. The zero-order valence-corrected chi connectivity index (χ0v) is 25.4. The van der Waals surface area contributed by atoms with Crippen molar-refractivity contribution in [2.24, 2.45) is 22.7 Å². The van der Waals surface area contributed by atoms with Crippen molar-refractivity contribution in [1.82, 2.24) is 10.1 Å². The molecule has 9 rings (SSSR count). The number of hydrogen-bond acceptors (Lipinski definition) is 7. The molecule has 5 fully saturated rings. The smallest absolute Gasteiger partial charge is 0.335 e. The topological polar surface area (TPSA) is 88.7 Å². The molecule has 1 aliphatic heterocycles. The maximum absolute atomic E-state index is 14.7. The highest BCUT2D eigenvalue weighted by molar-refractivity contribution is 7.22. The van der Waals surface area contributed by atoms with E-state index in [1.54, 1.807) is 0 Å². The van der Waals surface area contributed by atoms with Crippen molar-refractivity contribution in [1.29, 1.82) is 0 Å². The van der Waals surface area contributed by atoms with Crippen molar-refractivity contribution in [2.75, 3.05) is 18.0 Å². The van der Waals surface area contributed by atoms with Gasteiger partial charge < -0.3 is 19.3 Å².